The Morgan fingerprint density at radius 3 is 0.925 bits per heavy atom. The van der Waals surface area contributed by atoms with Crippen molar-refractivity contribution in [2.24, 2.45) is 0 Å². The summed E-state index contributed by atoms with van der Waals surface area (Å²) in [6, 6.07) is 0. The maximum absolute atomic E-state index is 12.9. The van der Waals surface area contributed by atoms with Crippen LogP contribution in [-0.4, -0.2) is 82.3 Å². The highest BCUT2D eigenvalue weighted by molar-refractivity contribution is 5.70. The lowest BCUT2D eigenvalue weighted by atomic mass is 10.0. The Kier molecular flexibility index (Phi) is 61.5. The lowest BCUT2D eigenvalue weighted by molar-refractivity contribution is -0.870. The number of carbonyl (C=O) groups excluding carboxylic acids is 3. The largest absolute Gasteiger partial charge is 0.545 e. The number of rotatable bonds is 67. The summed E-state index contributed by atoms with van der Waals surface area (Å²) >= 11 is 0. The van der Waals surface area contributed by atoms with Gasteiger partial charge in [0.1, 0.15) is 13.2 Å². The molecule has 0 N–H and O–H groups in total. The number of quaternary nitrogens is 1. The van der Waals surface area contributed by atoms with Gasteiger partial charge in [0, 0.05) is 12.8 Å². The molecule has 0 rings (SSSR count). The van der Waals surface area contributed by atoms with Crippen molar-refractivity contribution >= 4 is 17.9 Å². The molecule has 0 bridgehead atoms. The topological polar surface area (TPSA) is 111 Å². The Labute approximate surface area is 497 Å². The Hall–Kier alpha value is -1.97. The van der Waals surface area contributed by atoms with Crippen LogP contribution >= 0.6 is 0 Å². The quantitative estimate of drug-likeness (QED) is 0.0195. The van der Waals surface area contributed by atoms with E-state index >= 15 is 0 Å². The number of hydrogen-bond donors (Lipinski definition) is 0. The number of ether oxygens (including phenoxy) is 4. The number of unbranched alkanes of at least 4 members (excludes halogenated alkanes) is 50. The van der Waals surface area contributed by atoms with E-state index in [1.165, 1.54) is 289 Å². The lowest BCUT2D eigenvalue weighted by Crippen LogP contribution is -2.44. The molecule has 2 atom stereocenters. The fourth-order valence-corrected chi connectivity index (χ4v) is 10.8. The second-order valence-electron chi connectivity index (χ2n) is 25.5. The highest BCUT2D eigenvalue weighted by Gasteiger charge is 2.22. The molecule has 0 aromatic carbocycles. The minimum absolute atomic E-state index is 0.151. The summed E-state index contributed by atoms with van der Waals surface area (Å²) in [6.45, 7) is 4.81. The summed E-state index contributed by atoms with van der Waals surface area (Å²) in [5.74, 6) is -2.26. The number of aliphatic carboxylic acids is 1. The second-order valence-corrected chi connectivity index (χ2v) is 25.5. The molecular formula is C71H137NO8. The van der Waals surface area contributed by atoms with Crippen LogP contribution in [0.25, 0.3) is 0 Å². The second kappa shape index (κ2) is 63.1. The van der Waals surface area contributed by atoms with Gasteiger partial charge in [-0.2, -0.15) is 0 Å². The van der Waals surface area contributed by atoms with E-state index in [-0.39, 0.29) is 32.2 Å². The minimum atomic E-state index is -1.62. The van der Waals surface area contributed by atoms with E-state index in [1.54, 1.807) is 0 Å². The number of carboxylic acids is 1. The molecule has 0 heterocycles. The fourth-order valence-electron chi connectivity index (χ4n) is 10.8. The average Bonchev–Trinajstić information content (AvgIpc) is 3.43. The number of nitrogens with zero attached hydrogens (tertiary/aromatic N) is 1. The average molecular weight is 1130 g/mol. The van der Waals surface area contributed by atoms with E-state index < -0.39 is 24.3 Å². The molecule has 80 heavy (non-hydrogen) atoms. The molecule has 0 aliphatic heterocycles. The monoisotopic (exact) mass is 1130 g/mol. The molecule has 0 spiro atoms. The van der Waals surface area contributed by atoms with Crippen molar-refractivity contribution in [2.75, 3.05) is 47.5 Å². The van der Waals surface area contributed by atoms with Gasteiger partial charge in [-0.05, 0) is 38.5 Å². The van der Waals surface area contributed by atoms with Crippen LogP contribution in [0.5, 0.6) is 0 Å². The van der Waals surface area contributed by atoms with E-state index in [2.05, 4.69) is 26.0 Å². The van der Waals surface area contributed by atoms with E-state index in [1.807, 2.05) is 21.1 Å². The van der Waals surface area contributed by atoms with Gasteiger partial charge >= 0.3 is 11.9 Å². The highest BCUT2D eigenvalue weighted by atomic mass is 16.7. The van der Waals surface area contributed by atoms with Crippen molar-refractivity contribution in [1.82, 2.24) is 0 Å². The zero-order valence-electron chi connectivity index (χ0n) is 54.2. The fraction of sp³-hybridized carbons (Fsp3) is 0.930. The maximum Gasteiger partial charge on any atom is 0.306 e. The number of carbonyl (C=O) groups is 3. The normalized spacial score (nSPS) is 12.7. The highest BCUT2D eigenvalue weighted by Crippen LogP contribution is 2.19. The van der Waals surface area contributed by atoms with Crippen LogP contribution in [0.15, 0.2) is 12.2 Å². The number of esters is 2. The van der Waals surface area contributed by atoms with E-state index in [9.17, 15) is 19.5 Å². The zero-order valence-corrected chi connectivity index (χ0v) is 54.2. The zero-order chi connectivity index (χ0) is 58.3. The molecule has 0 saturated heterocycles. The Balaban J connectivity index is 3.91. The molecule has 9 heteroatoms. The van der Waals surface area contributed by atoms with Crippen molar-refractivity contribution in [1.29, 1.82) is 0 Å². The maximum atomic E-state index is 12.9. The van der Waals surface area contributed by atoms with Gasteiger partial charge in [0.15, 0.2) is 12.4 Å². The van der Waals surface area contributed by atoms with Crippen molar-refractivity contribution < 1.29 is 42.9 Å². The number of allylic oxidation sites excluding steroid dienone is 2. The van der Waals surface area contributed by atoms with Crippen LogP contribution in [-0.2, 0) is 33.3 Å². The third kappa shape index (κ3) is 63.6. The SMILES string of the molecule is CCCCCCCC/C=C\CCCCCCCCCC(=O)OC(COC(=O)CCCCCCCCCCCCCCCCCCCCCCCCCCCCCCCCCCCCCCCC)COC(OCC[N+](C)(C)C)C(=O)[O-]. The van der Waals surface area contributed by atoms with Crippen LogP contribution in [0.4, 0.5) is 0 Å². The summed E-state index contributed by atoms with van der Waals surface area (Å²) in [4.78, 5) is 37.4. The van der Waals surface area contributed by atoms with E-state index in [0.29, 0.717) is 23.9 Å². The predicted octanol–water partition coefficient (Wildman–Crippen LogP) is 20.3. The van der Waals surface area contributed by atoms with Crippen LogP contribution in [0.3, 0.4) is 0 Å². The van der Waals surface area contributed by atoms with Gasteiger partial charge in [-0.1, -0.05) is 328 Å². The molecule has 0 fully saturated rings. The van der Waals surface area contributed by atoms with Gasteiger partial charge in [0.2, 0.25) is 0 Å². The summed E-state index contributed by atoms with van der Waals surface area (Å²) in [7, 11) is 5.94. The first-order valence-electron chi connectivity index (χ1n) is 35.3. The van der Waals surface area contributed by atoms with Crippen LogP contribution in [0.1, 0.15) is 367 Å². The summed E-state index contributed by atoms with van der Waals surface area (Å²) < 4.78 is 22.8. The number of hydrogen-bond acceptors (Lipinski definition) is 8. The van der Waals surface area contributed by atoms with E-state index in [0.717, 1.165) is 44.9 Å². The first-order valence-corrected chi connectivity index (χ1v) is 35.3. The van der Waals surface area contributed by atoms with Gasteiger partial charge < -0.3 is 33.3 Å². The van der Waals surface area contributed by atoms with Crippen LogP contribution < -0.4 is 5.11 Å². The molecule has 0 aromatic heterocycles. The first kappa shape index (κ1) is 78.0. The molecule has 0 aliphatic carbocycles. The van der Waals surface area contributed by atoms with Gasteiger partial charge in [0.05, 0.1) is 40.3 Å². The summed E-state index contributed by atoms with van der Waals surface area (Å²) in [6.07, 6.45) is 73.2. The third-order valence-corrected chi connectivity index (χ3v) is 16.3. The standard InChI is InChI=1S/C71H137NO8/c1-6-8-10-12-14-16-18-20-22-24-25-26-27-28-29-30-31-32-33-34-35-36-37-38-39-40-41-42-43-44-46-47-49-51-53-55-57-59-61-68(73)78-65-67(66-79-71(70(75)76)77-64-63-72(3,4)5)80-69(74)62-60-58-56-54-52-50-48-45-23-21-19-17-15-13-11-9-7-2/h21,23,67,71H,6-20,22,24-66H2,1-5H3/b23-21-. The Morgan fingerprint density at radius 1 is 0.362 bits per heavy atom. The van der Waals surface area contributed by atoms with Crippen molar-refractivity contribution in [3.8, 4) is 0 Å². The molecule has 0 aromatic rings. The van der Waals surface area contributed by atoms with Gasteiger partial charge in [-0.15, -0.1) is 0 Å². The van der Waals surface area contributed by atoms with Crippen LogP contribution in [0.2, 0.25) is 0 Å². The Bertz CT molecular complexity index is 1320. The molecule has 0 amide bonds. The van der Waals surface area contributed by atoms with Crippen molar-refractivity contribution in [3.63, 3.8) is 0 Å². The van der Waals surface area contributed by atoms with E-state index in [4.69, 9.17) is 18.9 Å². The smallest absolute Gasteiger partial charge is 0.306 e. The predicted molar refractivity (Wildman–Crippen MR) is 339 cm³/mol. The third-order valence-electron chi connectivity index (χ3n) is 16.3. The summed E-state index contributed by atoms with van der Waals surface area (Å²) in [5.41, 5.74) is 0. The number of likely N-dealkylation sites (N-methyl/N-ethyl adjacent to an activating group) is 1. The van der Waals surface area contributed by atoms with Gasteiger partial charge in [0.25, 0.3) is 0 Å². The number of carboxylic acid groups (broad SMARTS) is 1. The molecule has 0 aliphatic rings. The van der Waals surface area contributed by atoms with Crippen molar-refractivity contribution in [3.05, 3.63) is 12.2 Å². The first-order chi connectivity index (χ1) is 39.1. The van der Waals surface area contributed by atoms with Crippen molar-refractivity contribution in [2.45, 2.75) is 379 Å². The molecule has 474 valence electrons. The minimum Gasteiger partial charge on any atom is -0.545 e. The van der Waals surface area contributed by atoms with Gasteiger partial charge in [-0.3, -0.25) is 9.59 Å². The van der Waals surface area contributed by atoms with Gasteiger partial charge in [-0.25, -0.2) is 0 Å². The molecule has 2 unspecified atom stereocenters. The van der Waals surface area contributed by atoms with Crippen LogP contribution in [0, 0.1) is 0 Å². The molecule has 9 nitrogen and oxygen atoms in total. The Morgan fingerprint density at radius 2 is 0.637 bits per heavy atom. The molecular weight excluding hydrogens is 995 g/mol. The summed E-state index contributed by atoms with van der Waals surface area (Å²) in [5, 5.41) is 11.8. The molecule has 0 radical (unpaired) electrons. The molecule has 0 saturated carbocycles. The lowest BCUT2D eigenvalue weighted by Gasteiger charge is -2.26.